The van der Waals surface area contributed by atoms with Crippen LogP contribution in [0.1, 0.15) is 32.1 Å². The van der Waals surface area contributed by atoms with Gasteiger partial charge in [-0.25, -0.2) is 0 Å². The first-order valence-corrected chi connectivity index (χ1v) is 4.24. The fraction of sp³-hybridized carbons (Fsp3) is 1.00. The maximum atomic E-state index is 9.20. The molecule has 1 unspecified atom stereocenters. The molecule has 1 spiro atoms. The summed E-state index contributed by atoms with van der Waals surface area (Å²) in [5.41, 5.74) is 0.471. The Hall–Kier alpha value is -0.0800. The molecule has 2 fully saturated rings. The minimum absolute atomic E-state index is 0.0776. The molecule has 0 aromatic carbocycles. The molecule has 1 saturated carbocycles. The van der Waals surface area contributed by atoms with E-state index in [9.17, 15) is 5.11 Å². The molecule has 2 aliphatic rings. The van der Waals surface area contributed by atoms with E-state index in [1.165, 1.54) is 25.7 Å². The third kappa shape index (κ3) is 0.956. The molecule has 1 saturated heterocycles. The van der Waals surface area contributed by atoms with Crippen LogP contribution in [0, 0.1) is 0 Å². The van der Waals surface area contributed by atoms with E-state index in [-0.39, 0.29) is 6.10 Å². The summed E-state index contributed by atoms with van der Waals surface area (Å²) in [6.07, 6.45) is 6.16. The highest BCUT2D eigenvalue weighted by molar-refractivity contribution is 4.99. The highest BCUT2D eigenvalue weighted by Crippen LogP contribution is 2.37. The number of aliphatic hydroxyl groups is 1. The van der Waals surface area contributed by atoms with E-state index in [2.05, 4.69) is 5.32 Å². The summed E-state index contributed by atoms with van der Waals surface area (Å²) >= 11 is 0. The Morgan fingerprint density at radius 1 is 1.30 bits per heavy atom. The Morgan fingerprint density at radius 3 is 2.50 bits per heavy atom. The van der Waals surface area contributed by atoms with Gasteiger partial charge in [0, 0.05) is 12.1 Å². The van der Waals surface area contributed by atoms with Crippen molar-refractivity contribution in [3.8, 4) is 0 Å². The van der Waals surface area contributed by atoms with Gasteiger partial charge >= 0.3 is 0 Å². The molecule has 2 nitrogen and oxygen atoms in total. The molecule has 0 radical (unpaired) electrons. The molecule has 1 heterocycles. The first-order valence-electron chi connectivity index (χ1n) is 4.24. The molecule has 0 aromatic rings. The molecule has 0 aromatic heterocycles. The van der Waals surface area contributed by atoms with E-state index in [1.54, 1.807) is 0 Å². The number of aliphatic hydroxyl groups excluding tert-OH is 1. The Kier molecular flexibility index (Phi) is 1.46. The molecule has 1 atom stereocenters. The van der Waals surface area contributed by atoms with Crippen LogP contribution in [0.4, 0.5) is 0 Å². The molecule has 0 bridgehead atoms. The topological polar surface area (TPSA) is 32.3 Å². The van der Waals surface area contributed by atoms with Gasteiger partial charge in [-0.05, 0) is 32.1 Å². The van der Waals surface area contributed by atoms with Crippen molar-refractivity contribution in [3.05, 3.63) is 0 Å². The molecule has 0 amide bonds. The highest BCUT2D eigenvalue weighted by Gasteiger charge is 2.39. The lowest BCUT2D eigenvalue weighted by Gasteiger charge is -2.47. The average molecular weight is 141 g/mol. The van der Waals surface area contributed by atoms with E-state index in [0.717, 1.165) is 13.0 Å². The predicted octanol–water partition coefficient (Wildman–Crippen LogP) is 0.653. The first kappa shape index (κ1) is 6.62. The van der Waals surface area contributed by atoms with Crippen molar-refractivity contribution in [2.24, 2.45) is 0 Å². The zero-order valence-electron chi connectivity index (χ0n) is 6.27. The van der Waals surface area contributed by atoms with E-state index in [1.807, 2.05) is 0 Å². The minimum Gasteiger partial charge on any atom is -0.392 e. The van der Waals surface area contributed by atoms with Gasteiger partial charge in [-0.2, -0.15) is 0 Å². The molecule has 2 rings (SSSR count). The molecule has 10 heavy (non-hydrogen) atoms. The minimum atomic E-state index is -0.0776. The van der Waals surface area contributed by atoms with Crippen molar-refractivity contribution in [2.45, 2.75) is 43.7 Å². The van der Waals surface area contributed by atoms with Crippen LogP contribution in [0.2, 0.25) is 0 Å². The highest BCUT2D eigenvalue weighted by atomic mass is 16.3. The molecular formula is C8H15NO. The van der Waals surface area contributed by atoms with Gasteiger partial charge in [0.15, 0.2) is 0 Å². The van der Waals surface area contributed by atoms with Gasteiger partial charge in [0.1, 0.15) is 0 Å². The second-order valence-corrected chi connectivity index (χ2v) is 3.71. The van der Waals surface area contributed by atoms with Gasteiger partial charge in [0.05, 0.1) is 6.10 Å². The summed E-state index contributed by atoms with van der Waals surface area (Å²) in [4.78, 5) is 0. The van der Waals surface area contributed by atoms with E-state index >= 15 is 0 Å². The van der Waals surface area contributed by atoms with Crippen LogP contribution in [0.25, 0.3) is 0 Å². The van der Waals surface area contributed by atoms with Crippen LogP contribution in [0.15, 0.2) is 0 Å². The lowest BCUT2D eigenvalue weighted by Crippen LogP contribution is -2.56. The summed E-state index contributed by atoms with van der Waals surface area (Å²) in [5, 5.41) is 12.6. The summed E-state index contributed by atoms with van der Waals surface area (Å²) < 4.78 is 0. The molecule has 2 heteroatoms. The van der Waals surface area contributed by atoms with Crippen molar-refractivity contribution >= 4 is 0 Å². The first-order chi connectivity index (χ1) is 4.81. The van der Waals surface area contributed by atoms with Gasteiger partial charge < -0.3 is 10.4 Å². The maximum Gasteiger partial charge on any atom is 0.0665 e. The Morgan fingerprint density at radius 2 is 2.10 bits per heavy atom. The molecule has 1 aliphatic carbocycles. The Bertz CT molecular complexity index is 121. The number of hydrogen-bond acceptors (Lipinski definition) is 2. The number of β-amino-alcohol motifs (C(OH)–C–C–N with tert-alkyl or cyclic N) is 1. The normalized spacial score (nSPS) is 37.5. The lowest BCUT2D eigenvalue weighted by molar-refractivity contribution is 0.0556. The maximum absolute atomic E-state index is 9.20. The zero-order chi connectivity index (χ0) is 7.03. The number of piperidine rings is 1. The van der Waals surface area contributed by atoms with E-state index < -0.39 is 0 Å². The van der Waals surface area contributed by atoms with Crippen LogP contribution >= 0.6 is 0 Å². The summed E-state index contributed by atoms with van der Waals surface area (Å²) in [6.45, 7) is 0.819. The second-order valence-electron chi connectivity index (χ2n) is 3.71. The van der Waals surface area contributed by atoms with Crippen LogP contribution in [0.5, 0.6) is 0 Å². The van der Waals surface area contributed by atoms with Crippen LogP contribution in [0.3, 0.4) is 0 Å². The largest absolute Gasteiger partial charge is 0.392 e. The SMILES string of the molecule is OC1CCC2(CCC2)NC1. The van der Waals surface area contributed by atoms with Crippen LogP contribution in [-0.4, -0.2) is 23.3 Å². The van der Waals surface area contributed by atoms with E-state index in [0.29, 0.717) is 5.54 Å². The van der Waals surface area contributed by atoms with E-state index in [4.69, 9.17) is 0 Å². The summed E-state index contributed by atoms with van der Waals surface area (Å²) in [6, 6.07) is 0. The third-order valence-electron chi connectivity index (χ3n) is 2.98. The fourth-order valence-electron chi connectivity index (χ4n) is 2.00. The average Bonchev–Trinajstić information content (AvgIpc) is 1.86. The van der Waals surface area contributed by atoms with Crippen molar-refractivity contribution in [3.63, 3.8) is 0 Å². The Balaban J connectivity index is 1.90. The Labute approximate surface area is 61.6 Å². The number of nitrogens with one attached hydrogen (secondary N) is 1. The molecular weight excluding hydrogens is 126 g/mol. The van der Waals surface area contributed by atoms with Gasteiger partial charge in [0.2, 0.25) is 0 Å². The van der Waals surface area contributed by atoms with Crippen molar-refractivity contribution in [1.82, 2.24) is 5.32 Å². The lowest BCUT2D eigenvalue weighted by atomic mass is 9.71. The standard InChI is InChI=1S/C8H15NO/c10-7-2-5-8(9-6-7)3-1-4-8/h7,9-10H,1-6H2. The quantitative estimate of drug-likeness (QED) is 0.519. The van der Waals surface area contributed by atoms with Crippen molar-refractivity contribution in [2.75, 3.05) is 6.54 Å². The summed E-state index contributed by atoms with van der Waals surface area (Å²) in [5.74, 6) is 0. The predicted molar refractivity (Wildman–Crippen MR) is 39.8 cm³/mol. The van der Waals surface area contributed by atoms with Crippen LogP contribution in [-0.2, 0) is 0 Å². The fourth-order valence-corrected chi connectivity index (χ4v) is 2.00. The van der Waals surface area contributed by atoms with Crippen molar-refractivity contribution in [1.29, 1.82) is 0 Å². The van der Waals surface area contributed by atoms with Gasteiger partial charge in [-0.3, -0.25) is 0 Å². The third-order valence-corrected chi connectivity index (χ3v) is 2.98. The number of rotatable bonds is 0. The van der Waals surface area contributed by atoms with Crippen molar-refractivity contribution < 1.29 is 5.11 Å². The summed E-state index contributed by atoms with van der Waals surface area (Å²) in [7, 11) is 0. The van der Waals surface area contributed by atoms with Crippen LogP contribution < -0.4 is 5.32 Å². The number of hydrogen-bond donors (Lipinski definition) is 2. The molecule has 1 aliphatic heterocycles. The smallest absolute Gasteiger partial charge is 0.0665 e. The van der Waals surface area contributed by atoms with Gasteiger partial charge in [-0.15, -0.1) is 0 Å². The monoisotopic (exact) mass is 141 g/mol. The van der Waals surface area contributed by atoms with Gasteiger partial charge in [-0.1, -0.05) is 0 Å². The zero-order valence-corrected chi connectivity index (χ0v) is 6.27. The molecule has 2 N–H and O–H groups in total. The van der Waals surface area contributed by atoms with Gasteiger partial charge in [0.25, 0.3) is 0 Å². The second kappa shape index (κ2) is 2.21. The molecule has 58 valence electrons.